The van der Waals surface area contributed by atoms with Crippen molar-refractivity contribution in [2.45, 2.75) is 19.6 Å². The van der Waals surface area contributed by atoms with Crippen LogP contribution in [0.15, 0.2) is 30.3 Å². The van der Waals surface area contributed by atoms with Crippen molar-refractivity contribution < 1.29 is 22.7 Å². The smallest absolute Gasteiger partial charge is 0.484 e. The average Bonchev–Trinajstić information content (AvgIpc) is 2.33. The molecule has 0 heterocycles. The number of nitrogens with zero attached hydrogens (tertiary/aromatic N) is 1. The second kappa shape index (κ2) is 6.28. The van der Waals surface area contributed by atoms with Gasteiger partial charge in [-0.3, -0.25) is 9.69 Å². The maximum Gasteiger partial charge on any atom is 0.487 e. The monoisotopic (exact) mass is 261 g/mol. The quantitative estimate of drug-likeness (QED) is 0.763. The molecule has 1 rings (SSSR count). The molecule has 6 heteroatoms. The van der Waals surface area contributed by atoms with Crippen molar-refractivity contribution in [3.05, 3.63) is 30.3 Å². The summed E-state index contributed by atoms with van der Waals surface area (Å²) in [5.74, 6) is -0.724. The predicted octanol–water partition coefficient (Wildman–Crippen LogP) is 2.82. The molecule has 0 aliphatic rings. The number of para-hydroxylation sites is 1. The van der Waals surface area contributed by atoms with E-state index in [0.717, 1.165) is 0 Å². The molecular formula is C12H14F3NO2. The normalized spacial score (nSPS) is 11.1. The van der Waals surface area contributed by atoms with Gasteiger partial charge in [0.15, 0.2) is 6.61 Å². The minimum Gasteiger partial charge on any atom is -0.484 e. The van der Waals surface area contributed by atoms with Gasteiger partial charge >= 0.3 is 6.30 Å². The molecule has 0 bridgehead atoms. The SMILES string of the molecule is CCCN(C(=O)COc1ccccc1)C(F)(F)F. The van der Waals surface area contributed by atoms with Gasteiger partial charge in [-0.25, -0.2) is 0 Å². The highest BCUT2D eigenvalue weighted by molar-refractivity contribution is 5.78. The van der Waals surface area contributed by atoms with E-state index in [0.29, 0.717) is 5.75 Å². The van der Waals surface area contributed by atoms with Crippen LogP contribution in [-0.2, 0) is 4.79 Å². The zero-order valence-corrected chi connectivity index (χ0v) is 9.91. The third kappa shape index (κ3) is 4.27. The van der Waals surface area contributed by atoms with E-state index in [2.05, 4.69) is 0 Å². The highest BCUT2D eigenvalue weighted by atomic mass is 19.4. The van der Waals surface area contributed by atoms with E-state index in [4.69, 9.17) is 4.74 Å². The summed E-state index contributed by atoms with van der Waals surface area (Å²) in [4.78, 5) is 11.3. The molecule has 1 aromatic rings. The Balaban J connectivity index is 2.57. The van der Waals surface area contributed by atoms with E-state index in [9.17, 15) is 18.0 Å². The van der Waals surface area contributed by atoms with Gasteiger partial charge in [-0.1, -0.05) is 25.1 Å². The van der Waals surface area contributed by atoms with E-state index in [1.165, 1.54) is 0 Å². The fourth-order valence-electron chi connectivity index (χ4n) is 1.36. The highest BCUT2D eigenvalue weighted by Crippen LogP contribution is 2.21. The fraction of sp³-hybridized carbons (Fsp3) is 0.417. The first-order valence-electron chi connectivity index (χ1n) is 5.50. The van der Waals surface area contributed by atoms with Gasteiger partial charge in [0.1, 0.15) is 5.75 Å². The number of amides is 1. The maximum absolute atomic E-state index is 12.5. The molecule has 0 aliphatic carbocycles. The summed E-state index contributed by atoms with van der Waals surface area (Å²) >= 11 is 0. The van der Waals surface area contributed by atoms with Crippen LogP contribution in [0.3, 0.4) is 0 Å². The van der Waals surface area contributed by atoms with Crippen molar-refractivity contribution in [3.8, 4) is 5.75 Å². The van der Waals surface area contributed by atoms with Gasteiger partial charge in [0, 0.05) is 6.54 Å². The first kappa shape index (κ1) is 14.3. The van der Waals surface area contributed by atoms with E-state index in [-0.39, 0.29) is 17.9 Å². The van der Waals surface area contributed by atoms with Crippen molar-refractivity contribution in [2.75, 3.05) is 13.2 Å². The molecule has 18 heavy (non-hydrogen) atoms. The number of halogens is 3. The largest absolute Gasteiger partial charge is 0.487 e. The Morgan fingerprint density at radius 1 is 1.28 bits per heavy atom. The Hall–Kier alpha value is -1.72. The van der Waals surface area contributed by atoms with Crippen molar-refractivity contribution >= 4 is 5.91 Å². The lowest BCUT2D eigenvalue weighted by Gasteiger charge is -2.24. The summed E-state index contributed by atoms with van der Waals surface area (Å²) in [6.45, 7) is 0.591. The molecule has 100 valence electrons. The Morgan fingerprint density at radius 3 is 2.39 bits per heavy atom. The molecule has 0 atom stereocenters. The number of benzene rings is 1. The van der Waals surface area contributed by atoms with Crippen LogP contribution >= 0.6 is 0 Å². The molecule has 0 aromatic heterocycles. The molecule has 1 aromatic carbocycles. The third-order valence-electron chi connectivity index (χ3n) is 2.16. The predicted molar refractivity (Wildman–Crippen MR) is 60.0 cm³/mol. The zero-order valence-electron chi connectivity index (χ0n) is 9.91. The minimum atomic E-state index is -4.66. The molecule has 0 N–H and O–H groups in total. The average molecular weight is 261 g/mol. The standard InChI is InChI=1S/C12H14F3NO2/c1-2-8-16(12(13,14)15)11(17)9-18-10-6-4-3-5-7-10/h3-7H,2,8-9H2,1H3. The molecule has 0 spiro atoms. The van der Waals surface area contributed by atoms with Crippen LogP contribution < -0.4 is 4.74 Å². The van der Waals surface area contributed by atoms with Crippen molar-refractivity contribution in [1.82, 2.24) is 4.90 Å². The van der Waals surface area contributed by atoms with Crippen LogP contribution in [0.25, 0.3) is 0 Å². The topological polar surface area (TPSA) is 29.5 Å². The molecule has 1 amide bonds. The van der Waals surface area contributed by atoms with Crippen LogP contribution in [-0.4, -0.2) is 30.3 Å². The lowest BCUT2D eigenvalue weighted by atomic mass is 10.3. The summed E-state index contributed by atoms with van der Waals surface area (Å²) < 4.78 is 42.6. The maximum atomic E-state index is 12.5. The van der Waals surface area contributed by atoms with Crippen molar-refractivity contribution in [1.29, 1.82) is 0 Å². The Bertz CT molecular complexity index is 379. The molecule has 0 unspecified atom stereocenters. The molecular weight excluding hydrogens is 247 g/mol. The van der Waals surface area contributed by atoms with Gasteiger partial charge in [0.05, 0.1) is 0 Å². The summed E-state index contributed by atoms with van der Waals surface area (Å²) in [6.07, 6.45) is -4.43. The lowest BCUT2D eigenvalue weighted by Crippen LogP contribution is -2.45. The van der Waals surface area contributed by atoms with Crippen LogP contribution in [0.2, 0.25) is 0 Å². The Labute approximate surface area is 103 Å². The van der Waals surface area contributed by atoms with E-state index >= 15 is 0 Å². The first-order valence-corrected chi connectivity index (χ1v) is 5.50. The van der Waals surface area contributed by atoms with Gasteiger partial charge in [0.2, 0.25) is 0 Å². The molecule has 3 nitrogen and oxygen atoms in total. The van der Waals surface area contributed by atoms with Gasteiger partial charge in [-0.15, -0.1) is 13.2 Å². The van der Waals surface area contributed by atoms with E-state index in [1.54, 1.807) is 37.3 Å². The van der Waals surface area contributed by atoms with Gasteiger partial charge in [-0.05, 0) is 18.6 Å². The summed E-state index contributed by atoms with van der Waals surface area (Å²) in [5.41, 5.74) is 0. The number of carbonyl (C=O) groups excluding carboxylic acids is 1. The summed E-state index contributed by atoms with van der Waals surface area (Å²) in [7, 11) is 0. The number of carbonyl (C=O) groups is 1. The second-order valence-electron chi connectivity index (χ2n) is 3.61. The fourth-order valence-corrected chi connectivity index (χ4v) is 1.36. The highest BCUT2D eigenvalue weighted by Gasteiger charge is 2.40. The number of alkyl halides is 3. The zero-order chi connectivity index (χ0) is 13.6. The van der Waals surface area contributed by atoms with Crippen molar-refractivity contribution in [2.24, 2.45) is 0 Å². The Morgan fingerprint density at radius 2 is 1.89 bits per heavy atom. The van der Waals surface area contributed by atoms with E-state index < -0.39 is 18.8 Å². The number of ether oxygens (including phenoxy) is 1. The molecule has 0 radical (unpaired) electrons. The molecule has 0 aliphatic heterocycles. The lowest BCUT2D eigenvalue weighted by molar-refractivity contribution is -0.241. The van der Waals surface area contributed by atoms with Crippen LogP contribution in [0, 0.1) is 0 Å². The second-order valence-corrected chi connectivity index (χ2v) is 3.61. The molecule has 0 saturated carbocycles. The number of rotatable bonds is 5. The Kier molecular flexibility index (Phi) is 5.00. The number of hydrogen-bond donors (Lipinski definition) is 0. The first-order chi connectivity index (χ1) is 8.45. The van der Waals surface area contributed by atoms with Crippen LogP contribution in [0.4, 0.5) is 13.2 Å². The van der Waals surface area contributed by atoms with Gasteiger partial charge < -0.3 is 4.74 Å². The summed E-state index contributed by atoms with van der Waals surface area (Å²) in [5, 5.41) is 0. The van der Waals surface area contributed by atoms with Crippen LogP contribution in [0.1, 0.15) is 13.3 Å². The number of hydrogen-bond acceptors (Lipinski definition) is 2. The molecule has 0 saturated heterocycles. The van der Waals surface area contributed by atoms with E-state index in [1.807, 2.05) is 0 Å². The summed E-state index contributed by atoms with van der Waals surface area (Å²) in [6, 6.07) is 8.24. The van der Waals surface area contributed by atoms with Gasteiger partial charge in [0.25, 0.3) is 5.91 Å². The van der Waals surface area contributed by atoms with Crippen molar-refractivity contribution in [3.63, 3.8) is 0 Å². The third-order valence-corrected chi connectivity index (χ3v) is 2.16. The van der Waals surface area contributed by atoms with Crippen LogP contribution in [0.5, 0.6) is 5.75 Å². The molecule has 0 fully saturated rings. The minimum absolute atomic E-state index is 0.129. The van der Waals surface area contributed by atoms with Gasteiger partial charge in [-0.2, -0.15) is 0 Å².